The molecule has 0 fully saturated rings. The summed E-state index contributed by atoms with van der Waals surface area (Å²) in [7, 11) is -3.91. The third-order valence-electron chi connectivity index (χ3n) is 5.65. The van der Waals surface area contributed by atoms with Crippen LogP contribution in [0, 0.1) is 9.65 Å². The number of nitrogens with two attached hydrogens (primary N) is 2. The Bertz CT molecular complexity index is 1370. The van der Waals surface area contributed by atoms with Gasteiger partial charge < -0.3 is 19.8 Å². The molecular formula is C22H26FIN6O5S. The normalized spacial score (nSPS) is 14.5. The Labute approximate surface area is 221 Å². The van der Waals surface area contributed by atoms with Gasteiger partial charge in [-0.25, -0.2) is 10.1 Å². The molecule has 1 aliphatic heterocycles. The monoisotopic (exact) mass is 632 g/mol. The molecule has 2 aromatic heterocycles. The maximum absolute atomic E-state index is 14.2. The van der Waals surface area contributed by atoms with Gasteiger partial charge >= 0.3 is 16.4 Å². The lowest BCUT2D eigenvalue weighted by atomic mass is 9.96. The number of aromatic nitrogens is 4. The molecule has 1 aliphatic rings. The minimum Gasteiger partial charge on any atom is -0.462 e. The Morgan fingerprint density at radius 1 is 1.14 bits per heavy atom. The maximum Gasteiger partial charge on any atom is 0.333 e. The molecule has 0 amide bonds. The molecule has 3 aromatic rings. The number of ether oxygens (including phenoxy) is 2. The Morgan fingerprint density at radius 3 is 2.61 bits per heavy atom. The summed E-state index contributed by atoms with van der Waals surface area (Å²) in [4.78, 5) is 12.4. The van der Waals surface area contributed by atoms with Gasteiger partial charge in [-0.05, 0) is 47.1 Å². The molecule has 194 valence electrons. The number of hydrogen-bond donors (Lipinski definition) is 2. The van der Waals surface area contributed by atoms with E-state index in [0.717, 1.165) is 34.8 Å². The van der Waals surface area contributed by atoms with Gasteiger partial charge in [-0.1, -0.05) is 37.5 Å². The second kappa shape index (κ2) is 11.7. The molecule has 4 rings (SSSR count). The zero-order valence-electron chi connectivity index (χ0n) is 19.3. The zero-order valence-corrected chi connectivity index (χ0v) is 22.2. The first-order chi connectivity index (χ1) is 17.2. The van der Waals surface area contributed by atoms with E-state index in [0.29, 0.717) is 35.7 Å². The van der Waals surface area contributed by atoms with E-state index >= 15 is 0 Å². The van der Waals surface area contributed by atoms with Gasteiger partial charge in [0.1, 0.15) is 23.8 Å². The summed E-state index contributed by atoms with van der Waals surface area (Å²) in [5.74, 6) is 0.718. The molecule has 0 saturated carbocycles. The highest BCUT2D eigenvalue weighted by Gasteiger charge is 2.32. The largest absolute Gasteiger partial charge is 0.462 e. The number of imidazole rings is 1. The van der Waals surface area contributed by atoms with Crippen LogP contribution in [0.5, 0.6) is 0 Å². The Morgan fingerprint density at radius 2 is 1.89 bits per heavy atom. The second-order valence-electron chi connectivity index (χ2n) is 8.16. The van der Waals surface area contributed by atoms with Gasteiger partial charge in [-0.15, -0.1) is 0 Å². The van der Waals surface area contributed by atoms with E-state index in [-0.39, 0.29) is 19.2 Å². The highest BCUT2D eigenvalue weighted by Crippen LogP contribution is 2.38. The van der Waals surface area contributed by atoms with Gasteiger partial charge in [-0.2, -0.15) is 22.8 Å². The van der Waals surface area contributed by atoms with Crippen molar-refractivity contribution < 1.29 is 26.5 Å². The van der Waals surface area contributed by atoms with Crippen LogP contribution in [0.4, 0.5) is 10.2 Å². The van der Waals surface area contributed by atoms with E-state index in [9.17, 15) is 12.8 Å². The van der Waals surface area contributed by atoms with Crippen molar-refractivity contribution in [2.75, 3.05) is 19.1 Å². The summed E-state index contributed by atoms with van der Waals surface area (Å²) >= 11 is 2.26. The molecule has 1 atom stereocenters. The molecule has 1 unspecified atom stereocenters. The number of aryl methyl sites for hydroxylation is 1. The molecule has 3 heterocycles. The standard InChI is InChI=1S/C22H26FIN6O5S/c23-22-28-19(25)18-21(29-22)30(10-6-2-1-3-7-11-35-36(26,31)32)20(27-18)17(16-12-33-13-34-16)14-8-4-5-9-15(14)24/h4-5,8-9,12,17H,1-3,6-7,10-11,13H2,(H2,25,28,29)(H2,26,31,32). The van der Waals surface area contributed by atoms with Crippen LogP contribution in [0.3, 0.4) is 0 Å². The van der Waals surface area contributed by atoms with Crippen LogP contribution in [0.1, 0.15) is 49.4 Å². The lowest BCUT2D eigenvalue weighted by molar-refractivity contribution is 0.0764. The molecule has 0 bridgehead atoms. The molecule has 0 spiro atoms. The van der Waals surface area contributed by atoms with Crippen molar-refractivity contribution >= 4 is 49.9 Å². The minimum absolute atomic E-state index is 0.0357. The smallest absolute Gasteiger partial charge is 0.333 e. The van der Waals surface area contributed by atoms with Crippen molar-refractivity contribution in [3.8, 4) is 0 Å². The number of benzene rings is 1. The molecule has 14 heteroatoms. The first-order valence-electron chi connectivity index (χ1n) is 11.3. The second-order valence-corrected chi connectivity index (χ2v) is 10.5. The van der Waals surface area contributed by atoms with Gasteiger partial charge in [0.2, 0.25) is 6.79 Å². The molecule has 4 N–H and O–H groups in total. The number of nitrogens with zero attached hydrogens (tertiary/aromatic N) is 4. The Hall–Kier alpha value is -2.56. The van der Waals surface area contributed by atoms with Crippen molar-refractivity contribution in [3.63, 3.8) is 0 Å². The lowest BCUT2D eigenvalue weighted by Crippen LogP contribution is -2.16. The number of nitrogen functional groups attached to an aromatic ring is 1. The van der Waals surface area contributed by atoms with Crippen molar-refractivity contribution in [2.24, 2.45) is 5.14 Å². The number of allylic oxidation sites excluding steroid dienone is 1. The summed E-state index contributed by atoms with van der Waals surface area (Å²) in [5.41, 5.74) is 7.60. The summed E-state index contributed by atoms with van der Waals surface area (Å²) in [5, 5.41) is 4.83. The van der Waals surface area contributed by atoms with Gasteiger partial charge in [0, 0.05) is 10.1 Å². The topological polar surface area (TPSA) is 157 Å². The van der Waals surface area contributed by atoms with E-state index in [2.05, 4.69) is 36.7 Å². The summed E-state index contributed by atoms with van der Waals surface area (Å²) in [6, 6.07) is 7.84. The fraction of sp³-hybridized carbons (Fsp3) is 0.409. The van der Waals surface area contributed by atoms with E-state index in [1.54, 1.807) is 6.26 Å². The summed E-state index contributed by atoms with van der Waals surface area (Å²) in [6.07, 6.45) is 4.43. The number of halogens is 2. The molecule has 0 radical (unpaired) electrons. The fourth-order valence-corrected chi connectivity index (χ4v) is 5.11. The van der Waals surface area contributed by atoms with Crippen molar-refractivity contribution in [1.82, 2.24) is 19.5 Å². The summed E-state index contributed by atoms with van der Waals surface area (Å²) in [6.45, 7) is 0.657. The zero-order chi connectivity index (χ0) is 25.7. The van der Waals surface area contributed by atoms with Crippen LogP contribution in [0.25, 0.3) is 11.2 Å². The van der Waals surface area contributed by atoms with Crippen molar-refractivity contribution in [1.29, 1.82) is 0 Å². The molecular weight excluding hydrogens is 606 g/mol. The third kappa shape index (κ3) is 6.41. The number of anilines is 1. The highest BCUT2D eigenvalue weighted by atomic mass is 127. The van der Waals surface area contributed by atoms with E-state index < -0.39 is 22.3 Å². The fourth-order valence-electron chi connectivity index (χ4n) is 4.06. The SMILES string of the molecule is Nc1nc(F)nc2c1nc(C(C1=COCO1)c1ccccc1I)n2CCCCCCCOS(N)(=O)=O. The molecule has 0 saturated heterocycles. The number of hydrogen-bond acceptors (Lipinski definition) is 9. The Kier molecular flexibility index (Phi) is 8.58. The van der Waals surface area contributed by atoms with Gasteiger partial charge in [0.05, 0.1) is 6.61 Å². The summed E-state index contributed by atoms with van der Waals surface area (Å²) < 4.78 is 54.4. The minimum atomic E-state index is -3.91. The number of fused-ring (bicyclic) bond motifs is 1. The van der Waals surface area contributed by atoms with Crippen LogP contribution in [-0.2, 0) is 30.5 Å². The molecule has 11 nitrogen and oxygen atoms in total. The van der Waals surface area contributed by atoms with Crippen molar-refractivity contribution in [3.05, 3.63) is 57.3 Å². The Balaban J connectivity index is 1.60. The lowest BCUT2D eigenvalue weighted by Gasteiger charge is -2.20. The van der Waals surface area contributed by atoms with E-state index in [1.807, 2.05) is 28.8 Å². The average Bonchev–Trinajstić information content (AvgIpc) is 3.46. The first-order valence-corrected chi connectivity index (χ1v) is 13.8. The molecule has 0 aliphatic carbocycles. The van der Waals surface area contributed by atoms with Gasteiger partial charge in [-0.3, -0.25) is 4.18 Å². The first kappa shape index (κ1) is 26.5. The number of unbranched alkanes of at least 4 members (excludes halogenated alkanes) is 4. The van der Waals surface area contributed by atoms with Gasteiger partial charge in [0.15, 0.2) is 17.0 Å². The van der Waals surface area contributed by atoms with E-state index in [1.165, 1.54) is 0 Å². The van der Waals surface area contributed by atoms with Crippen LogP contribution < -0.4 is 10.9 Å². The van der Waals surface area contributed by atoms with Gasteiger partial charge in [0.25, 0.3) is 0 Å². The third-order valence-corrected chi connectivity index (χ3v) is 7.13. The highest BCUT2D eigenvalue weighted by molar-refractivity contribution is 14.1. The molecule has 36 heavy (non-hydrogen) atoms. The van der Waals surface area contributed by atoms with Crippen LogP contribution in [-0.4, -0.2) is 41.3 Å². The van der Waals surface area contributed by atoms with Crippen LogP contribution >= 0.6 is 22.6 Å². The predicted octanol–water partition coefficient (Wildman–Crippen LogP) is 3.30. The number of rotatable bonds is 12. The van der Waals surface area contributed by atoms with Crippen LogP contribution in [0.15, 0.2) is 36.3 Å². The van der Waals surface area contributed by atoms with E-state index in [4.69, 9.17) is 25.3 Å². The maximum atomic E-state index is 14.2. The molecule has 1 aromatic carbocycles. The quantitative estimate of drug-likeness (QED) is 0.174. The predicted molar refractivity (Wildman–Crippen MR) is 138 cm³/mol. The van der Waals surface area contributed by atoms with Crippen molar-refractivity contribution in [2.45, 2.75) is 44.6 Å². The average molecular weight is 632 g/mol. The van der Waals surface area contributed by atoms with Crippen LogP contribution in [0.2, 0.25) is 0 Å².